The zero-order valence-electron chi connectivity index (χ0n) is 19.1. The number of benzene rings is 3. The first kappa shape index (κ1) is 22.7. The second-order valence-corrected chi connectivity index (χ2v) is 7.85. The molecular formula is C29H21N3O4. The maximum Gasteiger partial charge on any atom is 0.339 e. The van der Waals surface area contributed by atoms with Gasteiger partial charge in [-0.25, -0.2) is 9.78 Å². The van der Waals surface area contributed by atoms with Crippen LogP contribution in [-0.2, 0) is 9.53 Å². The van der Waals surface area contributed by atoms with Gasteiger partial charge in [0.1, 0.15) is 11.5 Å². The van der Waals surface area contributed by atoms with E-state index in [1.807, 2.05) is 66.7 Å². The second kappa shape index (κ2) is 10.5. The van der Waals surface area contributed by atoms with Crippen LogP contribution in [0.5, 0.6) is 11.5 Å². The molecule has 0 fully saturated rings. The number of nitrogens with one attached hydrogen (secondary N) is 1. The van der Waals surface area contributed by atoms with Gasteiger partial charge in [0.2, 0.25) is 0 Å². The number of pyridine rings is 2. The van der Waals surface area contributed by atoms with E-state index in [4.69, 9.17) is 9.47 Å². The lowest BCUT2D eigenvalue weighted by Gasteiger charge is -2.11. The number of ether oxygens (including phenoxy) is 2. The Morgan fingerprint density at radius 3 is 2.36 bits per heavy atom. The highest BCUT2D eigenvalue weighted by atomic mass is 16.5. The van der Waals surface area contributed by atoms with E-state index < -0.39 is 18.5 Å². The minimum absolute atomic E-state index is 0.312. The van der Waals surface area contributed by atoms with Crippen molar-refractivity contribution in [3.63, 3.8) is 0 Å². The SMILES string of the molecule is O=C(COC(=O)c1cc(-c2ccccn2)nc2ccccc12)Nc1cccc(Oc2ccccc2)c1. The number of hydrogen-bond donors (Lipinski definition) is 1. The molecule has 0 aliphatic carbocycles. The monoisotopic (exact) mass is 475 g/mol. The quantitative estimate of drug-likeness (QED) is 0.296. The van der Waals surface area contributed by atoms with E-state index >= 15 is 0 Å². The highest BCUT2D eigenvalue weighted by Gasteiger charge is 2.17. The lowest BCUT2D eigenvalue weighted by molar-refractivity contribution is -0.119. The third kappa shape index (κ3) is 5.37. The third-order valence-electron chi connectivity index (χ3n) is 5.29. The smallest absolute Gasteiger partial charge is 0.339 e. The molecule has 0 bridgehead atoms. The molecule has 0 spiro atoms. The van der Waals surface area contributed by atoms with Crippen LogP contribution in [0.15, 0.2) is 109 Å². The number of para-hydroxylation sites is 2. The summed E-state index contributed by atoms with van der Waals surface area (Å²) < 4.78 is 11.2. The van der Waals surface area contributed by atoms with Gasteiger partial charge in [-0.2, -0.15) is 0 Å². The molecule has 7 nitrogen and oxygen atoms in total. The Bertz CT molecular complexity index is 1520. The van der Waals surface area contributed by atoms with Crippen LogP contribution >= 0.6 is 0 Å². The number of carbonyl (C=O) groups is 2. The number of anilines is 1. The van der Waals surface area contributed by atoms with Gasteiger partial charge in [0.25, 0.3) is 5.91 Å². The predicted octanol–water partition coefficient (Wildman–Crippen LogP) is 5.88. The molecule has 0 radical (unpaired) electrons. The predicted molar refractivity (Wildman–Crippen MR) is 137 cm³/mol. The Balaban J connectivity index is 1.28. The molecule has 5 rings (SSSR count). The molecule has 0 saturated heterocycles. The number of carbonyl (C=O) groups excluding carboxylic acids is 2. The summed E-state index contributed by atoms with van der Waals surface area (Å²) in [6.45, 7) is -0.446. The van der Waals surface area contributed by atoms with Crippen LogP contribution in [0.25, 0.3) is 22.3 Å². The van der Waals surface area contributed by atoms with Crippen molar-refractivity contribution in [2.45, 2.75) is 0 Å². The lowest BCUT2D eigenvalue weighted by atomic mass is 10.1. The Morgan fingerprint density at radius 2 is 1.53 bits per heavy atom. The van der Waals surface area contributed by atoms with E-state index in [1.165, 1.54) is 0 Å². The van der Waals surface area contributed by atoms with Gasteiger partial charge in [-0.3, -0.25) is 9.78 Å². The molecule has 0 saturated carbocycles. The van der Waals surface area contributed by atoms with E-state index in [0.717, 1.165) is 0 Å². The van der Waals surface area contributed by atoms with Crippen LogP contribution < -0.4 is 10.1 Å². The Labute approximate surface area is 207 Å². The molecule has 5 aromatic rings. The third-order valence-corrected chi connectivity index (χ3v) is 5.29. The van der Waals surface area contributed by atoms with E-state index in [2.05, 4.69) is 15.3 Å². The van der Waals surface area contributed by atoms with E-state index in [-0.39, 0.29) is 0 Å². The molecule has 0 aliphatic heterocycles. The summed E-state index contributed by atoms with van der Waals surface area (Å²) in [5, 5.41) is 3.36. The van der Waals surface area contributed by atoms with Gasteiger partial charge in [-0.1, -0.05) is 48.5 Å². The van der Waals surface area contributed by atoms with Crippen molar-refractivity contribution in [2.24, 2.45) is 0 Å². The summed E-state index contributed by atoms with van der Waals surface area (Å²) in [4.78, 5) is 34.4. The molecule has 2 heterocycles. The first-order valence-electron chi connectivity index (χ1n) is 11.3. The molecule has 0 atom stereocenters. The average molecular weight is 476 g/mol. The number of rotatable bonds is 7. The van der Waals surface area contributed by atoms with Gasteiger partial charge in [0.15, 0.2) is 6.61 Å². The fourth-order valence-corrected chi connectivity index (χ4v) is 3.66. The molecule has 2 aromatic heterocycles. The number of esters is 1. The van der Waals surface area contributed by atoms with Gasteiger partial charge in [0.05, 0.1) is 22.5 Å². The largest absolute Gasteiger partial charge is 0.457 e. The first-order valence-corrected chi connectivity index (χ1v) is 11.3. The Morgan fingerprint density at radius 1 is 0.750 bits per heavy atom. The maximum atomic E-state index is 13.0. The molecule has 7 heteroatoms. The molecule has 1 N–H and O–H groups in total. The van der Waals surface area contributed by atoms with Crippen molar-refractivity contribution in [3.8, 4) is 22.9 Å². The highest BCUT2D eigenvalue weighted by Crippen LogP contribution is 2.25. The minimum Gasteiger partial charge on any atom is -0.457 e. The van der Waals surface area contributed by atoms with Crippen LogP contribution in [0, 0.1) is 0 Å². The van der Waals surface area contributed by atoms with Crippen molar-refractivity contribution >= 4 is 28.5 Å². The molecular weight excluding hydrogens is 454 g/mol. The van der Waals surface area contributed by atoms with Crippen molar-refractivity contribution in [1.29, 1.82) is 0 Å². The van der Waals surface area contributed by atoms with Crippen LogP contribution in [0.2, 0.25) is 0 Å². The molecule has 0 aliphatic rings. The van der Waals surface area contributed by atoms with Gasteiger partial charge in [-0.05, 0) is 48.5 Å². The molecule has 176 valence electrons. The Hall–Kier alpha value is -5.04. The zero-order chi connectivity index (χ0) is 24.7. The summed E-state index contributed by atoms with van der Waals surface area (Å²) in [5.41, 5.74) is 2.64. The molecule has 3 aromatic carbocycles. The summed E-state index contributed by atoms with van der Waals surface area (Å²) in [6, 6.07) is 30.7. The highest BCUT2D eigenvalue weighted by molar-refractivity contribution is 6.05. The van der Waals surface area contributed by atoms with E-state index in [1.54, 1.807) is 42.6 Å². The normalized spacial score (nSPS) is 10.6. The summed E-state index contributed by atoms with van der Waals surface area (Å²) in [7, 11) is 0. The van der Waals surface area contributed by atoms with Crippen LogP contribution in [0.4, 0.5) is 5.69 Å². The van der Waals surface area contributed by atoms with Crippen LogP contribution in [-0.4, -0.2) is 28.5 Å². The fraction of sp³-hybridized carbons (Fsp3) is 0.0345. The van der Waals surface area contributed by atoms with E-state index in [0.29, 0.717) is 45.0 Å². The average Bonchev–Trinajstić information content (AvgIpc) is 2.92. The zero-order valence-corrected chi connectivity index (χ0v) is 19.1. The number of fused-ring (bicyclic) bond motifs is 1. The molecule has 1 amide bonds. The lowest BCUT2D eigenvalue weighted by Crippen LogP contribution is -2.21. The first-order chi connectivity index (χ1) is 17.7. The van der Waals surface area contributed by atoms with Crippen LogP contribution in [0.3, 0.4) is 0 Å². The van der Waals surface area contributed by atoms with Crippen molar-refractivity contribution < 1.29 is 19.1 Å². The Kier molecular flexibility index (Phi) is 6.62. The number of hydrogen-bond acceptors (Lipinski definition) is 6. The number of nitrogens with zero attached hydrogens (tertiary/aromatic N) is 2. The number of amides is 1. The summed E-state index contributed by atoms with van der Waals surface area (Å²) >= 11 is 0. The fourth-order valence-electron chi connectivity index (χ4n) is 3.66. The number of aromatic nitrogens is 2. The summed E-state index contributed by atoms with van der Waals surface area (Å²) in [5.74, 6) is 0.163. The van der Waals surface area contributed by atoms with E-state index in [9.17, 15) is 9.59 Å². The molecule has 0 unspecified atom stereocenters. The van der Waals surface area contributed by atoms with Gasteiger partial charge >= 0.3 is 5.97 Å². The van der Waals surface area contributed by atoms with Crippen LogP contribution in [0.1, 0.15) is 10.4 Å². The van der Waals surface area contributed by atoms with Crippen molar-refractivity contribution in [3.05, 3.63) is 115 Å². The van der Waals surface area contributed by atoms with Gasteiger partial charge < -0.3 is 14.8 Å². The van der Waals surface area contributed by atoms with Gasteiger partial charge in [0, 0.05) is 23.3 Å². The van der Waals surface area contributed by atoms with Gasteiger partial charge in [-0.15, -0.1) is 0 Å². The minimum atomic E-state index is -0.623. The standard InChI is InChI=1S/C29H21N3O4/c33-28(31-20-9-8-12-22(17-20)36-21-10-2-1-3-11-21)19-35-29(34)24-18-27(26-15-6-7-16-30-26)32-25-14-5-4-13-23(24)25/h1-18H,19H2,(H,31,33). The second-order valence-electron chi connectivity index (χ2n) is 7.85. The topological polar surface area (TPSA) is 90.4 Å². The maximum absolute atomic E-state index is 13.0. The van der Waals surface area contributed by atoms with Crippen molar-refractivity contribution in [2.75, 3.05) is 11.9 Å². The van der Waals surface area contributed by atoms with Crippen molar-refractivity contribution in [1.82, 2.24) is 9.97 Å². The molecule has 36 heavy (non-hydrogen) atoms. The summed E-state index contributed by atoms with van der Waals surface area (Å²) in [6.07, 6.45) is 1.66.